The van der Waals surface area contributed by atoms with Gasteiger partial charge in [-0.05, 0) is 54.4 Å². The summed E-state index contributed by atoms with van der Waals surface area (Å²) in [6.07, 6.45) is 5.82. The Morgan fingerprint density at radius 2 is 2.35 bits per heavy atom. The maximum absolute atomic E-state index is 4.47. The number of nitrogens with one attached hydrogen (secondary N) is 1. The molecule has 0 aliphatic carbocycles. The monoisotopic (exact) mass is 297 g/mol. The normalized spacial score (nSPS) is 20.2. The van der Waals surface area contributed by atoms with Crippen molar-refractivity contribution in [3.8, 4) is 0 Å². The average Bonchev–Trinajstić information content (AvgIpc) is 2.38. The molecule has 1 aliphatic rings. The van der Waals surface area contributed by atoms with Gasteiger partial charge in [0, 0.05) is 29.8 Å². The van der Waals surface area contributed by atoms with E-state index in [1.807, 2.05) is 6.20 Å². The van der Waals surface area contributed by atoms with Crippen molar-refractivity contribution in [2.45, 2.75) is 32.2 Å². The van der Waals surface area contributed by atoms with Gasteiger partial charge in [-0.2, -0.15) is 0 Å². The van der Waals surface area contributed by atoms with Gasteiger partial charge in [0.2, 0.25) is 0 Å². The predicted molar refractivity (Wildman–Crippen MR) is 75.5 cm³/mol. The molecule has 0 radical (unpaired) electrons. The first-order valence-corrected chi connectivity index (χ1v) is 7.19. The molecule has 1 aromatic rings. The van der Waals surface area contributed by atoms with Crippen LogP contribution in [0.4, 0.5) is 5.82 Å². The minimum atomic E-state index is 0.620. The number of piperidine rings is 1. The van der Waals surface area contributed by atoms with Crippen LogP contribution in [0.5, 0.6) is 0 Å². The third-order valence-corrected chi connectivity index (χ3v) is 3.74. The van der Waals surface area contributed by atoms with E-state index >= 15 is 0 Å². The van der Waals surface area contributed by atoms with Gasteiger partial charge in [-0.15, -0.1) is 0 Å². The zero-order valence-electron chi connectivity index (χ0n) is 10.3. The number of anilines is 1. The standard InChI is InChI=1S/C13H20BrN3/c1-2-17(10-12-5-3-4-8-15-12)13-7-6-11(14)9-16-13/h6-7,9,12,15H,2-5,8,10H2,1H3. The number of hydrogen-bond donors (Lipinski definition) is 1. The van der Waals surface area contributed by atoms with Crippen LogP contribution in [0.25, 0.3) is 0 Å². The summed E-state index contributed by atoms with van der Waals surface area (Å²) in [6.45, 7) is 5.42. The van der Waals surface area contributed by atoms with Crippen molar-refractivity contribution in [2.75, 3.05) is 24.5 Å². The van der Waals surface area contributed by atoms with E-state index in [-0.39, 0.29) is 0 Å². The number of nitrogens with zero attached hydrogens (tertiary/aromatic N) is 2. The van der Waals surface area contributed by atoms with Crippen LogP contribution in [-0.2, 0) is 0 Å². The van der Waals surface area contributed by atoms with Crippen LogP contribution < -0.4 is 10.2 Å². The van der Waals surface area contributed by atoms with Crippen LogP contribution in [0.15, 0.2) is 22.8 Å². The van der Waals surface area contributed by atoms with E-state index in [9.17, 15) is 0 Å². The molecule has 1 saturated heterocycles. The van der Waals surface area contributed by atoms with Crippen LogP contribution in [0.2, 0.25) is 0 Å². The van der Waals surface area contributed by atoms with Gasteiger partial charge >= 0.3 is 0 Å². The van der Waals surface area contributed by atoms with Gasteiger partial charge in [-0.3, -0.25) is 0 Å². The molecule has 17 heavy (non-hydrogen) atoms. The van der Waals surface area contributed by atoms with Crippen LogP contribution in [0.3, 0.4) is 0 Å². The fourth-order valence-electron chi connectivity index (χ4n) is 2.29. The minimum Gasteiger partial charge on any atom is -0.355 e. The van der Waals surface area contributed by atoms with Crippen molar-refractivity contribution in [1.82, 2.24) is 10.3 Å². The highest BCUT2D eigenvalue weighted by atomic mass is 79.9. The Balaban J connectivity index is 1.97. The van der Waals surface area contributed by atoms with Crippen LogP contribution in [0.1, 0.15) is 26.2 Å². The largest absolute Gasteiger partial charge is 0.355 e. The minimum absolute atomic E-state index is 0.620. The Morgan fingerprint density at radius 3 is 2.94 bits per heavy atom. The Kier molecular flexibility index (Phi) is 4.80. The van der Waals surface area contributed by atoms with Gasteiger partial charge in [-0.25, -0.2) is 4.98 Å². The number of pyridine rings is 1. The highest BCUT2D eigenvalue weighted by Gasteiger charge is 2.16. The summed E-state index contributed by atoms with van der Waals surface area (Å²) >= 11 is 3.42. The molecule has 0 amide bonds. The summed E-state index contributed by atoms with van der Waals surface area (Å²) < 4.78 is 1.04. The second-order valence-electron chi connectivity index (χ2n) is 4.52. The summed E-state index contributed by atoms with van der Waals surface area (Å²) in [5.41, 5.74) is 0. The van der Waals surface area contributed by atoms with Crippen molar-refractivity contribution in [3.63, 3.8) is 0 Å². The Morgan fingerprint density at radius 1 is 1.47 bits per heavy atom. The van der Waals surface area contributed by atoms with Gasteiger partial charge in [0.05, 0.1) is 0 Å². The molecule has 1 aromatic heterocycles. The van der Waals surface area contributed by atoms with Crippen LogP contribution in [0, 0.1) is 0 Å². The van der Waals surface area contributed by atoms with Crippen molar-refractivity contribution >= 4 is 21.7 Å². The summed E-state index contributed by atoms with van der Waals surface area (Å²) in [5, 5.41) is 3.59. The lowest BCUT2D eigenvalue weighted by molar-refractivity contribution is 0.399. The first-order valence-electron chi connectivity index (χ1n) is 6.39. The molecule has 0 spiro atoms. The molecule has 94 valence electrons. The molecule has 4 heteroatoms. The fourth-order valence-corrected chi connectivity index (χ4v) is 2.52. The number of rotatable bonds is 4. The Labute approximate surface area is 112 Å². The molecule has 1 N–H and O–H groups in total. The Bertz CT molecular complexity index is 333. The summed E-state index contributed by atoms with van der Waals surface area (Å²) in [6, 6.07) is 4.75. The van der Waals surface area contributed by atoms with E-state index in [1.165, 1.54) is 19.3 Å². The third-order valence-electron chi connectivity index (χ3n) is 3.27. The number of halogens is 1. The summed E-state index contributed by atoms with van der Waals surface area (Å²) in [5.74, 6) is 1.07. The zero-order chi connectivity index (χ0) is 12.1. The molecule has 1 aliphatic heterocycles. The van der Waals surface area contributed by atoms with Gasteiger partial charge in [0.15, 0.2) is 0 Å². The molecule has 1 fully saturated rings. The quantitative estimate of drug-likeness (QED) is 0.926. The molecule has 3 nitrogen and oxygen atoms in total. The number of aromatic nitrogens is 1. The van der Waals surface area contributed by atoms with Gasteiger partial charge in [0.1, 0.15) is 5.82 Å². The molecular weight excluding hydrogens is 278 g/mol. The molecule has 2 rings (SSSR count). The molecule has 0 aromatic carbocycles. The van der Waals surface area contributed by atoms with E-state index < -0.39 is 0 Å². The van der Waals surface area contributed by atoms with E-state index in [0.717, 1.165) is 29.9 Å². The first kappa shape index (κ1) is 12.8. The van der Waals surface area contributed by atoms with Gasteiger partial charge in [-0.1, -0.05) is 6.42 Å². The van der Waals surface area contributed by atoms with E-state index in [2.05, 4.69) is 50.2 Å². The second-order valence-corrected chi connectivity index (χ2v) is 5.44. The number of likely N-dealkylation sites (N-methyl/N-ethyl adjacent to an activating group) is 1. The lowest BCUT2D eigenvalue weighted by atomic mass is 10.0. The van der Waals surface area contributed by atoms with Crippen molar-refractivity contribution < 1.29 is 0 Å². The van der Waals surface area contributed by atoms with Crippen LogP contribution in [-0.4, -0.2) is 30.7 Å². The fraction of sp³-hybridized carbons (Fsp3) is 0.615. The third kappa shape index (κ3) is 3.68. The topological polar surface area (TPSA) is 28.2 Å². The molecule has 0 saturated carbocycles. The first-order chi connectivity index (χ1) is 8.29. The molecule has 2 heterocycles. The SMILES string of the molecule is CCN(CC1CCCCN1)c1ccc(Br)cn1. The lowest BCUT2D eigenvalue weighted by Crippen LogP contribution is -2.44. The van der Waals surface area contributed by atoms with Crippen LogP contribution >= 0.6 is 15.9 Å². The van der Waals surface area contributed by atoms with Crippen molar-refractivity contribution in [2.24, 2.45) is 0 Å². The highest BCUT2D eigenvalue weighted by Crippen LogP contribution is 2.16. The van der Waals surface area contributed by atoms with Crippen molar-refractivity contribution in [3.05, 3.63) is 22.8 Å². The second kappa shape index (κ2) is 6.36. The highest BCUT2D eigenvalue weighted by molar-refractivity contribution is 9.10. The average molecular weight is 298 g/mol. The number of hydrogen-bond acceptors (Lipinski definition) is 3. The van der Waals surface area contributed by atoms with E-state index in [1.54, 1.807) is 0 Å². The van der Waals surface area contributed by atoms with E-state index in [4.69, 9.17) is 0 Å². The van der Waals surface area contributed by atoms with Gasteiger partial charge < -0.3 is 10.2 Å². The molecule has 1 unspecified atom stereocenters. The maximum Gasteiger partial charge on any atom is 0.128 e. The van der Waals surface area contributed by atoms with Gasteiger partial charge in [0.25, 0.3) is 0 Å². The summed E-state index contributed by atoms with van der Waals surface area (Å²) in [7, 11) is 0. The predicted octanol–water partition coefficient (Wildman–Crippen LogP) is 2.81. The lowest BCUT2D eigenvalue weighted by Gasteiger charge is -2.30. The summed E-state index contributed by atoms with van der Waals surface area (Å²) in [4.78, 5) is 6.81. The van der Waals surface area contributed by atoms with E-state index in [0.29, 0.717) is 6.04 Å². The molecule has 1 atom stereocenters. The zero-order valence-corrected chi connectivity index (χ0v) is 11.9. The maximum atomic E-state index is 4.47. The smallest absolute Gasteiger partial charge is 0.128 e. The molecular formula is C13H20BrN3. The molecule has 0 bridgehead atoms. The van der Waals surface area contributed by atoms with Crippen molar-refractivity contribution in [1.29, 1.82) is 0 Å². The Hall–Kier alpha value is -0.610.